The number of rotatable bonds is 4. The molecule has 126 valence electrons. The summed E-state index contributed by atoms with van der Waals surface area (Å²) in [7, 11) is 0. The molecule has 2 heterocycles. The van der Waals surface area contributed by atoms with Crippen LogP contribution in [0.25, 0.3) is 11.3 Å². The Balaban J connectivity index is 1.69. The summed E-state index contributed by atoms with van der Waals surface area (Å²) < 4.78 is 5.37. The molecule has 0 bridgehead atoms. The first-order valence-corrected chi connectivity index (χ1v) is 8.33. The Bertz CT molecular complexity index is 706. The lowest BCUT2D eigenvalue weighted by molar-refractivity contribution is 0.0752. The van der Waals surface area contributed by atoms with Crippen molar-refractivity contribution in [2.75, 3.05) is 32.7 Å². The number of carbonyl (C=O) groups is 1. The van der Waals surface area contributed by atoms with E-state index in [9.17, 15) is 4.79 Å². The van der Waals surface area contributed by atoms with Crippen LogP contribution in [0.15, 0.2) is 47.5 Å². The standard InChI is InChI=1S/C19H23N3O2/c1-3-9-21-10-4-11-22(13-12-21)19(23)17-14-18(24-20-17)16-7-5-15(2)6-8-16/h3,5-8,14H,1,4,9-13H2,2H3. The number of benzene rings is 1. The molecule has 0 unspecified atom stereocenters. The Morgan fingerprint density at radius 2 is 2.04 bits per heavy atom. The fraction of sp³-hybridized carbons (Fsp3) is 0.368. The van der Waals surface area contributed by atoms with Crippen LogP contribution in [0, 0.1) is 6.92 Å². The lowest BCUT2D eigenvalue weighted by Crippen LogP contribution is -2.35. The lowest BCUT2D eigenvalue weighted by Gasteiger charge is -2.20. The molecule has 1 aliphatic rings. The molecule has 0 spiro atoms. The predicted octanol–water partition coefficient (Wildman–Crippen LogP) is 2.98. The largest absolute Gasteiger partial charge is 0.355 e. The van der Waals surface area contributed by atoms with Crippen LogP contribution < -0.4 is 0 Å². The normalized spacial score (nSPS) is 16.0. The number of nitrogens with zero attached hydrogens (tertiary/aromatic N) is 3. The van der Waals surface area contributed by atoms with Gasteiger partial charge in [-0.3, -0.25) is 9.69 Å². The number of aromatic nitrogens is 1. The lowest BCUT2D eigenvalue weighted by atomic mass is 10.1. The van der Waals surface area contributed by atoms with E-state index in [4.69, 9.17) is 4.52 Å². The zero-order chi connectivity index (χ0) is 16.9. The fourth-order valence-electron chi connectivity index (χ4n) is 2.93. The molecule has 0 atom stereocenters. The van der Waals surface area contributed by atoms with Crippen LogP contribution in [0.4, 0.5) is 0 Å². The highest BCUT2D eigenvalue weighted by Crippen LogP contribution is 2.21. The molecule has 2 aromatic rings. The van der Waals surface area contributed by atoms with Gasteiger partial charge >= 0.3 is 0 Å². The van der Waals surface area contributed by atoms with Crippen molar-refractivity contribution >= 4 is 5.91 Å². The molecule has 0 saturated carbocycles. The maximum Gasteiger partial charge on any atom is 0.276 e. The third-order valence-corrected chi connectivity index (χ3v) is 4.33. The SMILES string of the molecule is C=CCN1CCCN(C(=O)c2cc(-c3ccc(C)cc3)on2)CC1. The highest BCUT2D eigenvalue weighted by atomic mass is 16.5. The topological polar surface area (TPSA) is 49.6 Å². The zero-order valence-electron chi connectivity index (χ0n) is 14.1. The summed E-state index contributed by atoms with van der Waals surface area (Å²) in [6.45, 7) is 9.99. The summed E-state index contributed by atoms with van der Waals surface area (Å²) in [5, 5.41) is 3.98. The third-order valence-electron chi connectivity index (χ3n) is 4.33. The number of amides is 1. The van der Waals surface area contributed by atoms with Gasteiger partial charge in [0.15, 0.2) is 11.5 Å². The molecule has 0 radical (unpaired) electrons. The molecule has 0 N–H and O–H groups in total. The monoisotopic (exact) mass is 325 g/mol. The molecular formula is C19H23N3O2. The van der Waals surface area contributed by atoms with Gasteiger partial charge in [-0.1, -0.05) is 41.1 Å². The van der Waals surface area contributed by atoms with Crippen molar-refractivity contribution in [1.82, 2.24) is 15.0 Å². The van der Waals surface area contributed by atoms with Crippen molar-refractivity contribution < 1.29 is 9.32 Å². The van der Waals surface area contributed by atoms with E-state index in [1.54, 1.807) is 6.07 Å². The first-order valence-electron chi connectivity index (χ1n) is 8.33. The highest BCUT2D eigenvalue weighted by molar-refractivity contribution is 5.93. The van der Waals surface area contributed by atoms with Crippen molar-refractivity contribution in [2.45, 2.75) is 13.3 Å². The summed E-state index contributed by atoms with van der Waals surface area (Å²) in [4.78, 5) is 16.8. The molecule has 1 saturated heterocycles. The summed E-state index contributed by atoms with van der Waals surface area (Å²) in [5.74, 6) is 0.569. The fourth-order valence-corrected chi connectivity index (χ4v) is 2.93. The molecule has 5 nitrogen and oxygen atoms in total. The summed E-state index contributed by atoms with van der Waals surface area (Å²) in [6, 6.07) is 9.72. The summed E-state index contributed by atoms with van der Waals surface area (Å²) >= 11 is 0. The van der Waals surface area contributed by atoms with Crippen molar-refractivity contribution in [2.24, 2.45) is 0 Å². The first kappa shape index (κ1) is 16.5. The van der Waals surface area contributed by atoms with Crippen molar-refractivity contribution in [3.8, 4) is 11.3 Å². The van der Waals surface area contributed by atoms with Gasteiger partial charge in [-0.05, 0) is 13.3 Å². The summed E-state index contributed by atoms with van der Waals surface area (Å²) in [6.07, 6.45) is 2.87. The molecule has 1 aromatic carbocycles. The van der Waals surface area contributed by atoms with E-state index in [0.29, 0.717) is 18.0 Å². The molecular weight excluding hydrogens is 302 g/mol. The van der Waals surface area contributed by atoms with Crippen LogP contribution in [0.2, 0.25) is 0 Å². The van der Waals surface area contributed by atoms with Crippen molar-refractivity contribution in [1.29, 1.82) is 0 Å². The van der Waals surface area contributed by atoms with Crippen molar-refractivity contribution in [3.05, 3.63) is 54.2 Å². The van der Waals surface area contributed by atoms with Gasteiger partial charge in [-0.25, -0.2) is 0 Å². The Hall–Kier alpha value is -2.40. The van der Waals surface area contributed by atoms with Gasteiger partial charge in [0.1, 0.15) is 0 Å². The molecule has 1 aromatic heterocycles. The van der Waals surface area contributed by atoms with Crippen LogP contribution in [0.1, 0.15) is 22.5 Å². The van der Waals surface area contributed by atoms with Crippen LogP contribution in [0.5, 0.6) is 0 Å². The Kier molecular flexibility index (Phi) is 5.11. The maximum absolute atomic E-state index is 12.7. The number of hydrogen-bond acceptors (Lipinski definition) is 4. The molecule has 24 heavy (non-hydrogen) atoms. The van der Waals surface area contributed by atoms with Gasteiger partial charge in [0, 0.05) is 44.4 Å². The van der Waals surface area contributed by atoms with E-state index in [2.05, 4.69) is 16.6 Å². The van der Waals surface area contributed by atoms with Gasteiger partial charge in [0.2, 0.25) is 0 Å². The van der Waals surface area contributed by atoms with E-state index in [1.807, 2.05) is 42.2 Å². The van der Waals surface area contributed by atoms with Gasteiger partial charge in [0.05, 0.1) is 0 Å². The molecule has 0 aliphatic carbocycles. The second-order valence-electron chi connectivity index (χ2n) is 6.18. The molecule has 1 amide bonds. The van der Waals surface area contributed by atoms with Crippen LogP contribution in [-0.4, -0.2) is 53.6 Å². The number of aryl methyl sites for hydroxylation is 1. The number of hydrogen-bond donors (Lipinski definition) is 0. The van der Waals surface area contributed by atoms with E-state index in [1.165, 1.54) is 5.56 Å². The molecule has 1 fully saturated rings. The molecule has 3 rings (SSSR count). The van der Waals surface area contributed by atoms with Gasteiger partial charge in [-0.15, -0.1) is 6.58 Å². The Morgan fingerprint density at radius 3 is 2.79 bits per heavy atom. The Labute approximate surface area is 142 Å². The van der Waals surface area contributed by atoms with Crippen LogP contribution in [0.3, 0.4) is 0 Å². The summed E-state index contributed by atoms with van der Waals surface area (Å²) in [5.41, 5.74) is 2.49. The Morgan fingerprint density at radius 1 is 1.25 bits per heavy atom. The average Bonchev–Trinajstić information content (AvgIpc) is 2.96. The minimum atomic E-state index is -0.0578. The van der Waals surface area contributed by atoms with Gasteiger partial charge in [-0.2, -0.15) is 0 Å². The molecule has 5 heteroatoms. The number of carbonyl (C=O) groups excluding carboxylic acids is 1. The zero-order valence-corrected chi connectivity index (χ0v) is 14.1. The van der Waals surface area contributed by atoms with E-state index in [-0.39, 0.29) is 5.91 Å². The minimum Gasteiger partial charge on any atom is -0.355 e. The highest BCUT2D eigenvalue weighted by Gasteiger charge is 2.23. The second kappa shape index (κ2) is 7.45. The first-order chi connectivity index (χ1) is 11.7. The van der Waals surface area contributed by atoms with Crippen molar-refractivity contribution in [3.63, 3.8) is 0 Å². The van der Waals surface area contributed by atoms with Crippen LogP contribution >= 0.6 is 0 Å². The van der Waals surface area contributed by atoms with E-state index in [0.717, 1.165) is 38.2 Å². The average molecular weight is 325 g/mol. The van der Waals surface area contributed by atoms with Crippen LogP contribution in [-0.2, 0) is 0 Å². The van der Waals surface area contributed by atoms with Gasteiger partial charge < -0.3 is 9.42 Å². The minimum absolute atomic E-state index is 0.0578. The third kappa shape index (κ3) is 3.74. The van der Waals surface area contributed by atoms with E-state index >= 15 is 0 Å². The smallest absolute Gasteiger partial charge is 0.276 e. The predicted molar refractivity (Wildman–Crippen MR) is 93.8 cm³/mol. The molecule has 1 aliphatic heterocycles. The quantitative estimate of drug-likeness (QED) is 0.811. The van der Waals surface area contributed by atoms with Gasteiger partial charge in [0.25, 0.3) is 5.91 Å². The maximum atomic E-state index is 12.7. The second-order valence-corrected chi connectivity index (χ2v) is 6.18. The van der Waals surface area contributed by atoms with E-state index < -0.39 is 0 Å².